The first-order valence-electron chi connectivity index (χ1n) is 10.5. The third-order valence-corrected chi connectivity index (χ3v) is 5.60. The summed E-state index contributed by atoms with van der Waals surface area (Å²) < 4.78 is 1.76. The fraction of sp³-hybridized carbons (Fsp3) is 0.120. The van der Waals surface area contributed by atoms with E-state index in [1.807, 2.05) is 55.5 Å². The minimum Gasteiger partial charge on any atom is -0.344 e. The number of aryl methyl sites for hydroxylation is 1. The standard InChI is InChI=1S/C25H22N6O2/c1-15-7-9-16(10-8-15)24(33)21-12-11-17(31(21)2)13-23(32)28-22-14-20(29-30-22)25-26-18-5-3-4-6-19(18)27-25/h3-12,14H,13H2,1-2H3,(H,26,27)(H2,28,29,30,32). The molecule has 3 aromatic heterocycles. The number of imidazole rings is 1. The lowest BCUT2D eigenvalue weighted by Gasteiger charge is -2.07. The average Bonchev–Trinajstić information content (AvgIpc) is 3.53. The zero-order valence-electron chi connectivity index (χ0n) is 18.2. The fourth-order valence-corrected chi connectivity index (χ4v) is 3.75. The van der Waals surface area contributed by atoms with Crippen LogP contribution in [-0.4, -0.2) is 36.4 Å². The molecule has 1 amide bonds. The van der Waals surface area contributed by atoms with Crippen LogP contribution in [0.15, 0.2) is 66.7 Å². The second-order valence-electron chi connectivity index (χ2n) is 7.96. The van der Waals surface area contributed by atoms with Crippen molar-refractivity contribution in [3.8, 4) is 11.5 Å². The Labute approximate surface area is 189 Å². The van der Waals surface area contributed by atoms with Crippen molar-refractivity contribution in [3.05, 3.63) is 89.2 Å². The normalized spacial score (nSPS) is 11.1. The molecule has 8 nitrogen and oxygen atoms in total. The first-order valence-corrected chi connectivity index (χ1v) is 10.5. The first-order chi connectivity index (χ1) is 16.0. The highest BCUT2D eigenvalue weighted by Crippen LogP contribution is 2.21. The van der Waals surface area contributed by atoms with E-state index in [4.69, 9.17) is 0 Å². The van der Waals surface area contributed by atoms with E-state index in [-0.39, 0.29) is 18.1 Å². The zero-order chi connectivity index (χ0) is 22.9. The molecule has 8 heteroatoms. The largest absolute Gasteiger partial charge is 0.344 e. The van der Waals surface area contributed by atoms with Gasteiger partial charge in [-0.05, 0) is 31.2 Å². The van der Waals surface area contributed by atoms with Crippen molar-refractivity contribution in [3.63, 3.8) is 0 Å². The number of para-hydroxylation sites is 2. The SMILES string of the molecule is Cc1ccc(C(=O)c2ccc(CC(=O)Nc3cc(-c4nc5ccccc5[nH]4)[nH]n3)n2C)cc1. The number of anilines is 1. The van der Waals surface area contributed by atoms with Crippen LogP contribution in [0.2, 0.25) is 0 Å². The third kappa shape index (κ3) is 4.06. The quantitative estimate of drug-likeness (QED) is 0.348. The van der Waals surface area contributed by atoms with Gasteiger partial charge in [-0.3, -0.25) is 14.7 Å². The molecule has 0 saturated carbocycles. The van der Waals surface area contributed by atoms with Gasteiger partial charge in [0, 0.05) is 24.4 Å². The Morgan fingerprint density at radius 3 is 2.61 bits per heavy atom. The monoisotopic (exact) mass is 438 g/mol. The number of benzene rings is 2. The van der Waals surface area contributed by atoms with Crippen molar-refractivity contribution in [1.29, 1.82) is 0 Å². The van der Waals surface area contributed by atoms with Gasteiger partial charge in [-0.2, -0.15) is 5.10 Å². The summed E-state index contributed by atoms with van der Waals surface area (Å²) in [5, 5.41) is 9.86. The predicted molar refractivity (Wildman–Crippen MR) is 126 cm³/mol. The van der Waals surface area contributed by atoms with E-state index in [0.29, 0.717) is 28.6 Å². The summed E-state index contributed by atoms with van der Waals surface area (Å²) >= 11 is 0. The highest BCUT2D eigenvalue weighted by molar-refractivity contribution is 6.08. The van der Waals surface area contributed by atoms with E-state index in [2.05, 4.69) is 25.5 Å². The van der Waals surface area contributed by atoms with Crippen molar-refractivity contribution in [1.82, 2.24) is 24.7 Å². The Bertz CT molecular complexity index is 1440. The minimum atomic E-state index is -0.229. The van der Waals surface area contributed by atoms with Crippen molar-refractivity contribution in [2.45, 2.75) is 13.3 Å². The van der Waals surface area contributed by atoms with Crippen LogP contribution >= 0.6 is 0 Å². The summed E-state index contributed by atoms with van der Waals surface area (Å²) in [6, 6.07) is 20.5. The molecule has 3 N–H and O–H groups in total. The fourth-order valence-electron chi connectivity index (χ4n) is 3.75. The van der Waals surface area contributed by atoms with Crippen LogP contribution in [0.25, 0.3) is 22.6 Å². The molecule has 0 unspecified atom stereocenters. The number of amides is 1. The van der Waals surface area contributed by atoms with Gasteiger partial charge in [0.15, 0.2) is 11.6 Å². The summed E-state index contributed by atoms with van der Waals surface area (Å²) in [5.41, 5.74) is 5.43. The number of carbonyl (C=O) groups excluding carboxylic acids is 2. The van der Waals surface area contributed by atoms with Gasteiger partial charge in [0.25, 0.3) is 0 Å². The van der Waals surface area contributed by atoms with Crippen molar-refractivity contribution >= 4 is 28.5 Å². The Kier molecular flexibility index (Phi) is 5.10. The van der Waals surface area contributed by atoms with Gasteiger partial charge in [-0.25, -0.2) is 4.98 Å². The molecule has 0 aliphatic heterocycles. The lowest BCUT2D eigenvalue weighted by Crippen LogP contribution is -2.17. The van der Waals surface area contributed by atoms with Crippen molar-refractivity contribution in [2.75, 3.05) is 5.32 Å². The van der Waals surface area contributed by atoms with Crippen molar-refractivity contribution < 1.29 is 9.59 Å². The van der Waals surface area contributed by atoms with Crippen LogP contribution in [0.5, 0.6) is 0 Å². The summed E-state index contributed by atoms with van der Waals surface area (Å²) in [4.78, 5) is 33.2. The van der Waals surface area contributed by atoms with E-state index in [0.717, 1.165) is 22.3 Å². The molecule has 33 heavy (non-hydrogen) atoms. The molecule has 2 aromatic carbocycles. The number of hydrogen-bond donors (Lipinski definition) is 3. The molecule has 0 aliphatic rings. The van der Waals surface area contributed by atoms with Gasteiger partial charge < -0.3 is 14.9 Å². The number of nitrogens with zero attached hydrogens (tertiary/aromatic N) is 3. The first kappa shape index (κ1) is 20.4. The predicted octanol–water partition coefficient (Wildman–Crippen LogP) is 4.01. The molecule has 0 bridgehead atoms. The number of nitrogens with one attached hydrogen (secondary N) is 3. The molecular formula is C25H22N6O2. The van der Waals surface area contributed by atoms with E-state index < -0.39 is 0 Å². The topological polar surface area (TPSA) is 108 Å². The van der Waals surface area contributed by atoms with Gasteiger partial charge in [0.05, 0.1) is 23.1 Å². The van der Waals surface area contributed by atoms with Crippen LogP contribution in [0.3, 0.4) is 0 Å². The smallest absolute Gasteiger partial charge is 0.231 e. The number of ketones is 1. The Morgan fingerprint density at radius 1 is 1.03 bits per heavy atom. The molecule has 0 radical (unpaired) electrons. The summed E-state index contributed by atoms with van der Waals surface area (Å²) in [6.45, 7) is 1.98. The number of fused-ring (bicyclic) bond motifs is 1. The Hall–Kier alpha value is -4.46. The van der Waals surface area contributed by atoms with Gasteiger partial charge in [-0.15, -0.1) is 0 Å². The van der Waals surface area contributed by atoms with Gasteiger partial charge in [0.2, 0.25) is 11.7 Å². The lowest BCUT2D eigenvalue weighted by atomic mass is 10.1. The average molecular weight is 438 g/mol. The summed E-state index contributed by atoms with van der Waals surface area (Å²) in [7, 11) is 1.79. The number of hydrogen-bond acceptors (Lipinski definition) is 4. The van der Waals surface area contributed by atoms with Gasteiger partial charge in [0.1, 0.15) is 5.69 Å². The highest BCUT2D eigenvalue weighted by atomic mass is 16.1. The Balaban J connectivity index is 1.27. The van der Waals surface area contributed by atoms with Crippen LogP contribution in [-0.2, 0) is 18.3 Å². The van der Waals surface area contributed by atoms with Gasteiger partial charge >= 0.3 is 0 Å². The maximum absolute atomic E-state index is 12.8. The molecule has 0 aliphatic carbocycles. The number of rotatable bonds is 6. The molecule has 164 valence electrons. The summed E-state index contributed by atoms with van der Waals surface area (Å²) in [5.74, 6) is 0.742. The zero-order valence-corrected chi connectivity index (χ0v) is 18.2. The number of carbonyl (C=O) groups is 2. The minimum absolute atomic E-state index is 0.0769. The van der Waals surface area contributed by atoms with Crippen LogP contribution in [0, 0.1) is 6.92 Å². The molecule has 0 fully saturated rings. The van der Waals surface area contributed by atoms with Crippen LogP contribution in [0.1, 0.15) is 27.3 Å². The summed E-state index contributed by atoms with van der Waals surface area (Å²) in [6.07, 6.45) is 0.116. The number of aromatic amines is 2. The molecular weight excluding hydrogens is 416 g/mol. The van der Waals surface area contributed by atoms with Gasteiger partial charge in [-0.1, -0.05) is 42.0 Å². The second kappa shape index (κ2) is 8.23. The Morgan fingerprint density at radius 2 is 1.82 bits per heavy atom. The number of H-pyrrole nitrogens is 2. The van der Waals surface area contributed by atoms with E-state index in [1.54, 1.807) is 29.8 Å². The lowest BCUT2D eigenvalue weighted by molar-refractivity contribution is -0.115. The number of aromatic nitrogens is 5. The second-order valence-corrected chi connectivity index (χ2v) is 7.96. The van der Waals surface area contributed by atoms with Crippen molar-refractivity contribution in [2.24, 2.45) is 7.05 Å². The van der Waals surface area contributed by atoms with E-state index in [9.17, 15) is 9.59 Å². The molecule has 3 heterocycles. The molecule has 0 spiro atoms. The maximum Gasteiger partial charge on any atom is 0.231 e. The highest BCUT2D eigenvalue weighted by Gasteiger charge is 2.17. The van der Waals surface area contributed by atoms with Crippen LogP contribution < -0.4 is 5.32 Å². The molecule has 0 atom stereocenters. The van der Waals surface area contributed by atoms with Crippen LogP contribution in [0.4, 0.5) is 5.82 Å². The van der Waals surface area contributed by atoms with E-state index in [1.165, 1.54) is 0 Å². The molecule has 5 rings (SSSR count). The third-order valence-electron chi connectivity index (χ3n) is 5.60. The molecule has 0 saturated heterocycles. The maximum atomic E-state index is 12.8. The van der Waals surface area contributed by atoms with E-state index >= 15 is 0 Å². The molecule has 5 aromatic rings.